The third-order valence-electron chi connectivity index (χ3n) is 4.55. The fraction of sp³-hybridized carbons (Fsp3) is 0.579. The first-order valence-electron chi connectivity index (χ1n) is 9.32. The van der Waals surface area contributed by atoms with Crippen LogP contribution in [0.25, 0.3) is 0 Å². The monoisotopic (exact) mass is 429 g/mol. The summed E-state index contributed by atoms with van der Waals surface area (Å²) in [7, 11) is 1.44. The molecule has 7 nitrogen and oxygen atoms in total. The van der Waals surface area contributed by atoms with Crippen LogP contribution in [0.1, 0.15) is 20.8 Å². The lowest BCUT2D eigenvalue weighted by Gasteiger charge is -2.29. The van der Waals surface area contributed by atoms with Gasteiger partial charge in [-0.3, -0.25) is 9.80 Å². The van der Waals surface area contributed by atoms with Crippen molar-refractivity contribution in [1.82, 2.24) is 4.90 Å². The van der Waals surface area contributed by atoms with Crippen molar-refractivity contribution in [3.05, 3.63) is 23.8 Å². The molecule has 1 aromatic carbocycles. The number of amides is 2. The smallest absolute Gasteiger partial charge is 0.416 e. The Hall–Kier alpha value is -2.23. The summed E-state index contributed by atoms with van der Waals surface area (Å²) < 4.78 is 39.9. The van der Waals surface area contributed by atoms with E-state index in [0.29, 0.717) is 13.1 Å². The molecule has 1 atom stereocenters. The van der Waals surface area contributed by atoms with E-state index in [1.807, 2.05) is 0 Å². The molecule has 0 bridgehead atoms. The van der Waals surface area contributed by atoms with Crippen molar-refractivity contribution < 1.29 is 27.8 Å². The summed E-state index contributed by atoms with van der Waals surface area (Å²) in [5.74, 6) is 0.141. The maximum absolute atomic E-state index is 14.7. The van der Waals surface area contributed by atoms with Crippen molar-refractivity contribution in [1.29, 1.82) is 0 Å². The molecular weight excluding hydrogens is 404 g/mol. The van der Waals surface area contributed by atoms with Crippen molar-refractivity contribution in [2.75, 3.05) is 48.0 Å². The van der Waals surface area contributed by atoms with Gasteiger partial charge in [-0.15, -0.1) is 0 Å². The van der Waals surface area contributed by atoms with E-state index in [1.54, 1.807) is 37.4 Å². The summed E-state index contributed by atoms with van der Waals surface area (Å²) in [6.45, 7) is 6.23. The quantitative estimate of drug-likeness (QED) is 0.731. The number of hydrogen-bond acceptors (Lipinski definition) is 6. The summed E-state index contributed by atoms with van der Waals surface area (Å²) in [5.41, 5.74) is -0.743. The first kappa shape index (κ1) is 21.5. The van der Waals surface area contributed by atoms with Crippen LogP contribution in [0.2, 0.25) is 0 Å². The summed E-state index contributed by atoms with van der Waals surface area (Å²) in [6.07, 6.45) is -2.37. The molecule has 2 aliphatic heterocycles. The summed E-state index contributed by atoms with van der Waals surface area (Å²) >= 11 is 1.74. The lowest BCUT2D eigenvalue weighted by atomic mass is 10.2. The van der Waals surface area contributed by atoms with Crippen LogP contribution in [0.5, 0.6) is 0 Å². The van der Waals surface area contributed by atoms with Crippen LogP contribution in [0.4, 0.5) is 29.7 Å². The molecule has 10 heteroatoms. The lowest BCUT2D eigenvalue weighted by Crippen LogP contribution is -2.42. The van der Waals surface area contributed by atoms with E-state index in [0.717, 1.165) is 33.4 Å². The number of rotatable bonds is 3. The highest BCUT2D eigenvalue weighted by Gasteiger charge is 2.38. The van der Waals surface area contributed by atoms with Gasteiger partial charge in [0.2, 0.25) is 0 Å². The van der Waals surface area contributed by atoms with Crippen LogP contribution in [-0.4, -0.2) is 67.1 Å². The third kappa shape index (κ3) is 4.85. The number of thioether (sulfide) groups is 1. The first-order chi connectivity index (χ1) is 13.6. The van der Waals surface area contributed by atoms with Crippen molar-refractivity contribution in [3.8, 4) is 0 Å². The minimum atomic E-state index is -0.928. The fourth-order valence-electron chi connectivity index (χ4n) is 3.11. The molecule has 0 saturated carbocycles. The Morgan fingerprint density at radius 3 is 2.38 bits per heavy atom. The Labute approximate surface area is 172 Å². The lowest BCUT2D eigenvalue weighted by molar-refractivity contribution is -0.00992. The zero-order valence-electron chi connectivity index (χ0n) is 16.9. The maximum atomic E-state index is 14.7. The minimum absolute atomic E-state index is 0.0419. The SMILES string of the molecule is CN(C(=O)OC(C)(C)C)[C@@H]1CN(c2cc(F)c(N3CCSCC3)c(F)c2)C(=O)O1. The fourth-order valence-corrected chi connectivity index (χ4v) is 4.01. The highest BCUT2D eigenvalue weighted by atomic mass is 32.2. The van der Waals surface area contributed by atoms with Gasteiger partial charge in [0.25, 0.3) is 0 Å². The topological polar surface area (TPSA) is 62.3 Å². The maximum Gasteiger partial charge on any atom is 0.416 e. The predicted octanol–water partition coefficient (Wildman–Crippen LogP) is 3.67. The molecule has 2 heterocycles. The number of halogens is 2. The van der Waals surface area contributed by atoms with Crippen LogP contribution in [-0.2, 0) is 9.47 Å². The number of carbonyl (C=O) groups is 2. The van der Waals surface area contributed by atoms with E-state index in [1.165, 1.54) is 7.05 Å². The predicted molar refractivity (Wildman–Crippen MR) is 108 cm³/mol. The number of carbonyl (C=O) groups excluding carboxylic acids is 2. The van der Waals surface area contributed by atoms with Gasteiger partial charge in [0.15, 0.2) is 17.9 Å². The highest BCUT2D eigenvalue weighted by molar-refractivity contribution is 7.99. The molecule has 29 heavy (non-hydrogen) atoms. The molecule has 0 unspecified atom stereocenters. The zero-order chi connectivity index (χ0) is 21.3. The number of ether oxygens (including phenoxy) is 2. The number of cyclic esters (lactones) is 1. The average molecular weight is 429 g/mol. The Kier molecular flexibility index (Phi) is 6.11. The number of benzene rings is 1. The Morgan fingerprint density at radius 2 is 1.83 bits per heavy atom. The van der Waals surface area contributed by atoms with Gasteiger partial charge in [0.05, 0.1) is 12.2 Å². The van der Waals surface area contributed by atoms with Gasteiger partial charge in [-0.05, 0) is 20.8 Å². The molecule has 0 N–H and O–H groups in total. The van der Waals surface area contributed by atoms with E-state index >= 15 is 0 Å². The van der Waals surface area contributed by atoms with Gasteiger partial charge in [-0.25, -0.2) is 18.4 Å². The van der Waals surface area contributed by atoms with Gasteiger partial charge in [0, 0.05) is 43.8 Å². The molecule has 2 saturated heterocycles. The standard InChI is InChI=1S/C19H25F2N3O4S/c1-19(2,3)28-17(25)22(4)15-11-24(18(26)27-15)12-9-13(20)16(14(21)10-12)23-5-7-29-8-6-23/h9-10,15H,5-8,11H2,1-4H3/t15-/m0/s1. The second-order valence-corrected chi connectivity index (χ2v) is 9.12. The van der Waals surface area contributed by atoms with E-state index < -0.39 is 35.6 Å². The van der Waals surface area contributed by atoms with Crippen molar-refractivity contribution >= 4 is 35.3 Å². The molecule has 0 aromatic heterocycles. The van der Waals surface area contributed by atoms with Gasteiger partial charge < -0.3 is 14.4 Å². The minimum Gasteiger partial charge on any atom is -0.444 e. The van der Waals surface area contributed by atoms with E-state index in [2.05, 4.69) is 0 Å². The van der Waals surface area contributed by atoms with Gasteiger partial charge in [-0.2, -0.15) is 11.8 Å². The molecular formula is C19H25F2N3O4S. The van der Waals surface area contributed by atoms with E-state index in [4.69, 9.17) is 9.47 Å². The molecule has 2 fully saturated rings. The van der Waals surface area contributed by atoms with E-state index in [-0.39, 0.29) is 17.9 Å². The number of anilines is 2. The van der Waals surface area contributed by atoms with Crippen molar-refractivity contribution in [3.63, 3.8) is 0 Å². The summed E-state index contributed by atoms with van der Waals surface area (Å²) in [4.78, 5) is 28.4. The number of likely N-dealkylation sites (N-methyl/N-ethyl adjacent to an activating group) is 1. The molecule has 1 aromatic rings. The molecule has 2 amide bonds. The largest absolute Gasteiger partial charge is 0.444 e. The van der Waals surface area contributed by atoms with Crippen LogP contribution < -0.4 is 9.80 Å². The highest BCUT2D eigenvalue weighted by Crippen LogP contribution is 2.32. The third-order valence-corrected chi connectivity index (χ3v) is 5.49. The summed E-state index contributed by atoms with van der Waals surface area (Å²) in [6, 6.07) is 2.24. The molecule has 0 spiro atoms. The van der Waals surface area contributed by atoms with Gasteiger partial charge >= 0.3 is 12.2 Å². The zero-order valence-corrected chi connectivity index (χ0v) is 17.7. The molecule has 2 aliphatic rings. The van der Waals surface area contributed by atoms with Crippen LogP contribution in [0.3, 0.4) is 0 Å². The van der Waals surface area contributed by atoms with Gasteiger partial charge in [-0.1, -0.05) is 0 Å². The molecule has 160 valence electrons. The Bertz CT molecular complexity index is 773. The second kappa shape index (κ2) is 8.25. The number of hydrogen-bond donors (Lipinski definition) is 0. The first-order valence-corrected chi connectivity index (χ1v) is 10.5. The van der Waals surface area contributed by atoms with Crippen molar-refractivity contribution in [2.24, 2.45) is 0 Å². The van der Waals surface area contributed by atoms with Crippen LogP contribution in [0.15, 0.2) is 12.1 Å². The Balaban J connectivity index is 1.75. The second-order valence-electron chi connectivity index (χ2n) is 7.90. The molecule has 0 radical (unpaired) electrons. The molecule has 0 aliphatic carbocycles. The number of nitrogens with zero attached hydrogens (tertiary/aromatic N) is 3. The van der Waals surface area contributed by atoms with Gasteiger partial charge in [0.1, 0.15) is 11.3 Å². The van der Waals surface area contributed by atoms with Crippen LogP contribution >= 0.6 is 11.8 Å². The average Bonchev–Trinajstić information content (AvgIpc) is 3.01. The normalized spacial score (nSPS) is 19.9. The van der Waals surface area contributed by atoms with Crippen LogP contribution in [0, 0.1) is 11.6 Å². The van der Waals surface area contributed by atoms with E-state index in [9.17, 15) is 18.4 Å². The Morgan fingerprint density at radius 1 is 1.24 bits per heavy atom. The van der Waals surface area contributed by atoms with Crippen molar-refractivity contribution in [2.45, 2.75) is 32.6 Å². The summed E-state index contributed by atoms with van der Waals surface area (Å²) in [5, 5.41) is 0. The molecule has 3 rings (SSSR count).